The molecule has 0 bridgehead atoms. The summed E-state index contributed by atoms with van der Waals surface area (Å²) in [5.74, 6) is -0.573. The number of hydrogen-bond donors (Lipinski definition) is 2. The fraction of sp³-hybridized carbons (Fsp3) is 0.273. The molecule has 0 radical (unpaired) electrons. The van der Waals surface area contributed by atoms with Crippen molar-refractivity contribution in [1.29, 1.82) is 0 Å². The average molecular weight is 383 g/mol. The lowest BCUT2D eigenvalue weighted by Crippen LogP contribution is -2.41. The molecule has 1 saturated carbocycles. The fourth-order valence-corrected chi connectivity index (χ4v) is 3.30. The Labute approximate surface area is 164 Å². The van der Waals surface area contributed by atoms with Crippen molar-refractivity contribution in [2.75, 3.05) is 0 Å². The smallest absolute Gasteiger partial charge is 0.268 e. The molecule has 0 unspecified atom stereocenters. The highest BCUT2D eigenvalue weighted by Crippen LogP contribution is 2.18. The highest BCUT2D eigenvalue weighted by molar-refractivity contribution is 6.30. The van der Waals surface area contributed by atoms with E-state index in [1.807, 2.05) is 18.2 Å². The van der Waals surface area contributed by atoms with Gasteiger partial charge in [-0.15, -0.1) is 0 Å². The first-order valence-electron chi connectivity index (χ1n) is 9.26. The lowest BCUT2D eigenvalue weighted by atomic mass is 9.95. The Morgan fingerprint density at radius 2 is 1.59 bits per heavy atom. The first-order chi connectivity index (χ1) is 13.1. The predicted octanol–water partition coefficient (Wildman–Crippen LogP) is 4.56. The van der Waals surface area contributed by atoms with Gasteiger partial charge in [-0.05, 0) is 48.7 Å². The van der Waals surface area contributed by atoms with Crippen molar-refractivity contribution >= 4 is 29.5 Å². The zero-order valence-corrected chi connectivity index (χ0v) is 15.8. The van der Waals surface area contributed by atoms with Crippen LogP contribution >= 0.6 is 11.6 Å². The highest BCUT2D eigenvalue weighted by Gasteiger charge is 2.20. The lowest BCUT2D eigenvalue weighted by Gasteiger charge is -2.23. The van der Waals surface area contributed by atoms with E-state index in [1.165, 1.54) is 6.42 Å². The quantitative estimate of drug-likeness (QED) is 0.745. The van der Waals surface area contributed by atoms with Crippen LogP contribution in [0.3, 0.4) is 0 Å². The molecule has 0 atom stereocenters. The number of amides is 2. The minimum Gasteiger partial charge on any atom is -0.348 e. The van der Waals surface area contributed by atoms with Gasteiger partial charge < -0.3 is 10.6 Å². The maximum Gasteiger partial charge on any atom is 0.268 e. The SMILES string of the molecule is O=C(NC1CCCCC1)C(=Cc1ccc(Cl)cc1)NC(=O)c1ccccc1. The van der Waals surface area contributed by atoms with Gasteiger partial charge in [0.1, 0.15) is 5.70 Å². The van der Waals surface area contributed by atoms with Crippen LogP contribution in [0.5, 0.6) is 0 Å². The molecule has 140 valence electrons. The molecule has 2 N–H and O–H groups in total. The molecule has 2 amide bonds. The predicted molar refractivity (Wildman–Crippen MR) is 108 cm³/mol. The van der Waals surface area contributed by atoms with Crippen LogP contribution in [-0.2, 0) is 4.79 Å². The fourth-order valence-electron chi connectivity index (χ4n) is 3.18. The summed E-state index contributed by atoms with van der Waals surface area (Å²) in [5.41, 5.74) is 1.53. The molecular weight excluding hydrogens is 360 g/mol. The van der Waals surface area contributed by atoms with E-state index < -0.39 is 0 Å². The van der Waals surface area contributed by atoms with E-state index in [1.54, 1.807) is 42.5 Å². The summed E-state index contributed by atoms with van der Waals surface area (Å²) in [6, 6.07) is 16.1. The van der Waals surface area contributed by atoms with Crippen LogP contribution < -0.4 is 10.6 Å². The molecule has 1 fully saturated rings. The Kier molecular flexibility index (Phi) is 6.66. The van der Waals surface area contributed by atoms with Gasteiger partial charge in [-0.3, -0.25) is 9.59 Å². The highest BCUT2D eigenvalue weighted by atomic mass is 35.5. The van der Waals surface area contributed by atoms with Crippen molar-refractivity contribution in [3.63, 3.8) is 0 Å². The molecule has 27 heavy (non-hydrogen) atoms. The van der Waals surface area contributed by atoms with E-state index in [0.29, 0.717) is 10.6 Å². The Bertz CT molecular complexity index is 810. The molecule has 0 aliphatic heterocycles. The van der Waals surface area contributed by atoms with Gasteiger partial charge >= 0.3 is 0 Å². The van der Waals surface area contributed by atoms with Crippen LogP contribution in [0.4, 0.5) is 0 Å². The third-order valence-electron chi connectivity index (χ3n) is 4.65. The summed E-state index contributed by atoms with van der Waals surface area (Å²) in [4.78, 5) is 25.4. The summed E-state index contributed by atoms with van der Waals surface area (Å²) in [7, 11) is 0. The van der Waals surface area contributed by atoms with Gasteiger partial charge in [-0.1, -0.05) is 61.2 Å². The van der Waals surface area contributed by atoms with Crippen LogP contribution in [0, 0.1) is 0 Å². The van der Waals surface area contributed by atoms with Crippen LogP contribution in [0.25, 0.3) is 6.08 Å². The Balaban J connectivity index is 1.80. The maximum absolute atomic E-state index is 12.8. The monoisotopic (exact) mass is 382 g/mol. The Hall–Kier alpha value is -2.59. The summed E-state index contributed by atoms with van der Waals surface area (Å²) < 4.78 is 0. The summed E-state index contributed by atoms with van der Waals surface area (Å²) in [5, 5.41) is 6.44. The van der Waals surface area contributed by atoms with Gasteiger partial charge in [0.25, 0.3) is 11.8 Å². The van der Waals surface area contributed by atoms with Gasteiger partial charge in [0.2, 0.25) is 0 Å². The Morgan fingerprint density at radius 1 is 0.926 bits per heavy atom. The van der Waals surface area contributed by atoms with Crippen LogP contribution in [0.2, 0.25) is 5.02 Å². The molecule has 0 heterocycles. The van der Waals surface area contributed by atoms with E-state index in [0.717, 1.165) is 31.2 Å². The van der Waals surface area contributed by atoms with Crippen molar-refractivity contribution in [3.8, 4) is 0 Å². The van der Waals surface area contributed by atoms with Crippen LogP contribution in [0.1, 0.15) is 48.0 Å². The zero-order chi connectivity index (χ0) is 19.1. The van der Waals surface area contributed by atoms with Gasteiger partial charge in [-0.2, -0.15) is 0 Å². The van der Waals surface area contributed by atoms with Crippen molar-refractivity contribution < 1.29 is 9.59 Å². The number of carbonyl (C=O) groups excluding carboxylic acids is 2. The van der Waals surface area contributed by atoms with E-state index in [4.69, 9.17) is 11.6 Å². The van der Waals surface area contributed by atoms with Crippen molar-refractivity contribution in [1.82, 2.24) is 10.6 Å². The number of benzene rings is 2. The summed E-state index contributed by atoms with van der Waals surface area (Å²) >= 11 is 5.93. The number of hydrogen-bond acceptors (Lipinski definition) is 2. The van der Waals surface area contributed by atoms with E-state index >= 15 is 0 Å². The minimum atomic E-state index is -0.311. The van der Waals surface area contributed by atoms with E-state index in [2.05, 4.69) is 10.6 Å². The van der Waals surface area contributed by atoms with E-state index in [-0.39, 0.29) is 23.6 Å². The second-order valence-corrected chi connectivity index (χ2v) is 7.17. The molecule has 0 spiro atoms. The largest absolute Gasteiger partial charge is 0.348 e. The number of nitrogens with one attached hydrogen (secondary N) is 2. The van der Waals surface area contributed by atoms with Gasteiger partial charge in [0.05, 0.1) is 0 Å². The van der Waals surface area contributed by atoms with Crippen LogP contribution in [-0.4, -0.2) is 17.9 Å². The van der Waals surface area contributed by atoms with Gasteiger partial charge in [0, 0.05) is 16.6 Å². The summed E-state index contributed by atoms with van der Waals surface area (Å²) in [6.07, 6.45) is 7.09. The molecule has 0 aromatic heterocycles. The molecule has 1 aliphatic rings. The zero-order valence-electron chi connectivity index (χ0n) is 15.1. The van der Waals surface area contributed by atoms with Crippen LogP contribution in [0.15, 0.2) is 60.3 Å². The molecule has 2 aromatic carbocycles. The molecular formula is C22H23ClN2O2. The molecule has 5 heteroatoms. The van der Waals surface area contributed by atoms with Gasteiger partial charge in [-0.25, -0.2) is 0 Å². The lowest BCUT2D eigenvalue weighted by molar-refractivity contribution is -0.118. The first-order valence-corrected chi connectivity index (χ1v) is 9.64. The molecule has 2 aromatic rings. The second-order valence-electron chi connectivity index (χ2n) is 6.74. The molecule has 4 nitrogen and oxygen atoms in total. The maximum atomic E-state index is 12.8. The minimum absolute atomic E-state index is 0.161. The van der Waals surface area contributed by atoms with Crippen molar-refractivity contribution in [2.24, 2.45) is 0 Å². The first kappa shape index (κ1) is 19.2. The summed E-state index contributed by atoms with van der Waals surface area (Å²) in [6.45, 7) is 0. The third kappa shape index (κ3) is 5.69. The van der Waals surface area contributed by atoms with Crippen molar-refractivity contribution in [2.45, 2.75) is 38.1 Å². The standard InChI is InChI=1S/C22H23ClN2O2/c23-18-13-11-16(12-14-18)15-20(22(27)24-19-9-5-2-6-10-19)25-21(26)17-7-3-1-4-8-17/h1,3-4,7-8,11-15,19H,2,5-6,9-10H2,(H,24,27)(H,25,26). The topological polar surface area (TPSA) is 58.2 Å². The molecule has 0 saturated heterocycles. The van der Waals surface area contributed by atoms with Crippen molar-refractivity contribution in [3.05, 3.63) is 76.4 Å². The number of carbonyl (C=O) groups is 2. The number of rotatable bonds is 5. The molecule has 3 rings (SSSR count). The Morgan fingerprint density at radius 3 is 2.26 bits per heavy atom. The second kappa shape index (κ2) is 9.38. The van der Waals surface area contributed by atoms with E-state index in [9.17, 15) is 9.59 Å². The average Bonchev–Trinajstić information content (AvgIpc) is 2.70. The van der Waals surface area contributed by atoms with Gasteiger partial charge in [0.15, 0.2) is 0 Å². The number of halogens is 1. The molecule has 1 aliphatic carbocycles. The normalized spacial score (nSPS) is 15.2. The third-order valence-corrected chi connectivity index (χ3v) is 4.90.